The first-order valence-corrected chi connectivity index (χ1v) is 10.9. The topological polar surface area (TPSA) is 131 Å². The summed E-state index contributed by atoms with van der Waals surface area (Å²) in [7, 11) is -2.25. The van der Waals surface area contributed by atoms with Crippen molar-refractivity contribution >= 4 is 27.0 Å². The number of methoxy groups -OCH3 is 1. The SMILES string of the molecule is COCCOCC(=O)N1CC2CN(S(=O)(=O)c3ccc4[nH]c(=O)oc4c3)CC(C1)O2. The Bertz CT molecular complexity index is 1060. The number of hydrogen-bond donors (Lipinski definition) is 1. The molecule has 0 aliphatic carbocycles. The third-order valence-electron chi connectivity index (χ3n) is 5.09. The van der Waals surface area contributed by atoms with E-state index in [4.69, 9.17) is 18.6 Å². The number of ether oxygens (including phenoxy) is 3. The number of morpholine rings is 2. The van der Waals surface area contributed by atoms with Gasteiger partial charge in [0.25, 0.3) is 0 Å². The Morgan fingerprint density at radius 2 is 1.93 bits per heavy atom. The van der Waals surface area contributed by atoms with Crippen LogP contribution in [-0.2, 0) is 29.0 Å². The maximum atomic E-state index is 13.1. The quantitative estimate of drug-likeness (QED) is 0.563. The van der Waals surface area contributed by atoms with Gasteiger partial charge in [0.1, 0.15) is 6.61 Å². The Balaban J connectivity index is 1.43. The van der Waals surface area contributed by atoms with Crippen molar-refractivity contribution in [2.45, 2.75) is 17.1 Å². The first kappa shape index (κ1) is 21.0. The Morgan fingerprint density at radius 3 is 2.63 bits per heavy atom. The molecule has 2 atom stereocenters. The molecule has 0 saturated carbocycles. The van der Waals surface area contributed by atoms with Gasteiger partial charge in [0.2, 0.25) is 15.9 Å². The van der Waals surface area contributed by atoms with Crippen molar-refractivity contribution in [2.75, 3.05) is 53.1 Å². The number of nitrogens with zero attached hydrogens (tertiary/aromatic N) is 2. The van der Waals surface area contributed by atoms with Crippen molar-refractivity contribution in [3.05, 3.63) is 28.7 Å². The summed E-state index contributed by atoms with van der Waals surface area (Å²) in [6.45, 7) is 1.53. The highest BCUT2D eigenvalue weighted by molar-refractivity contribution is 7.89. The molecule has 30 heavy (non-hydrogen) atoms. The zero-order chi connectivity index (χ0) is 21.3. The van der Waals surface area contributed by atoms with Crippen LogP contribution in [0.15, 0.2) is 32.3 Å². The van der Waals surface area contributed by atoms with E-state index in [1.807, 2.05) is 0 Å². The summed E-state index contributed by atoms with van der Waals surface area (Å²) in [6.07, 6.45) is -0.853. The highest BCUT2D eigenvalue weighted by atomic mass is 32.2. The van der Waals surface area contributed by atoms with Gasteiger partial charge < -0.3 is 23.5 Å². The van der Waals surface area contributed by atoms with Crippen LogP contribution in [0.1, 0.15) is 0 Å². The molecule has 3 heterocycles. The van der Waals surface area contributed by atoms with Crippen molar-refractivity contribution in [3.63, 3.8) is 0 Å². The lowest BCUT2D eigenvalue weighted by Gasteiger charge is -2.45. The number of fused-ring (bicyclic) bond motifs is 3. The van der Waals surface area contributed by atoms with Gasteiger partial charge in [0.15, 0.2) is 5.58 Å². The predicted octanol–water partition coefficient (Wildman–Crippen LogP) is -0.616. The molecule has 2 unspecified atom stereocenters. The van der Waals surface area contributed by atoms with Crippen molar-refractivity contribution in [2.24, 2.45) is 0 Å². The Labute approximate surface area is 172 Å². The van der Waals surface area contributed by atoms with Crippen LogP contribution in [-0.4, -0.2) is 93.8 Å². The first-order valence-electron chi connectivity index (χ1n) is 9.50. The number of benzene rings is 1. The molecule has 12 heteroatoms. The molecule has 2 aromatic rings. The molecule has 1 aromatic heterocycles. The summed E-state index contributed by atoms with van der Waals surface area (Å²) >= 11 is 0. The van der Waals surface area contributed by atoms with Crippen LogP contribution in [0.25, 0.3) is 11.1 Å². The van der Waals surface area contributed by atoms with Gasteiger partial charge in [-0.1, -0.05) is 0 Å². The minimum atomic E-state index is -3.81. The highest BCUT2D eigenvalue weighted by Crippen LogP contribution is 2.26. The second-order valence-electron chi connectivity index (χ2n) is 7.22. The molecular formula is C18H23N3O8S. The zero-order valence-electron chi connectivity index (χ0n) is 16.4. The van der Waals surface area contributed by atoms with Gasteiger partial charge in [-0.15, -0.1) is 0 Å². The number of H-pyrrole nitrogens is 1. The number of aromatic amines is 1. The van der Waals surface area contributed by atoms with Crippen LogP contribution in [0.2, 0.25) is 0 Å². The molecule has 2 saturated heterocycles. The second kappa shape index (κ2) is 8.47. The molecule has 2 aliphatic rings. The fourth-order valence-electron chi connectivity index (χ4n) is 3.68. The molecule has 164 valence electrons. The molecule has 0 radical (unpaired) electrons. The lowest BCUT2D eigenvalue weighted by atomic mass is 10.1. The van der Waals surface area contributed by atoms with Gasteiger partial charge in [0.05, 0.1) is 35.8 Å². The van der Waals surface area contributed by atoms with Crippen LogP contribution in [0.3, 0.4) is 0 Å². The zero-order valence-corrected chi connectivity index (χ0v) is 17.2. The van der Waals surface area contributed by atoms with Crippen molar-refractivity contribution in [3.8, 4) is 0 Å². The van der Waals surface area contributed by atoms with E-state index in [2.05, 4.69) is 4.98 Å². The van der Waals surface area contributed by atoms with Gasteiger partial charge in [-0.05, 0) is 12.1 Å². The van der Waals surface area contributed by atoms with Crippen molar-refractivity contribution in [1.82, 2.24) is 14.2 Å². The third-order valence-corrected chi connectivity index (χ3v) is 6.92. The minimum Gasteiger partial charge on any atom is -0.408 e. The molecule has 11 nitrogen and oxygen atoms in total. The largest absolute Gasteiger partial charge is 0.417 e. The van der Waals surface area contributed by atoms with E-state index in [1.54, 1.807) is 12.0 Å². The number of oxazole rings is 1. The Kier molecular flexibility index (Phi) is 5.93. The maximum absolute atomic E-state index is 13.1. The van der Waals surface area contributed by atoms with Crippen LogP contribution in [0.4, 0.5) is 0 Å². The van der Waals surface area contributed by atoms with E-state index in [9.17, 15) is 18.0 Å². The smallest absolute Gasteiger partial charge is 0.408 e. The highest BCUT2D eigenvalue weighted by Gasteiger charge is 2.41. The molecular weight excluding hydrogens is 418 g/mol. The monoisotopic (exact) mass is 441 g/mol. The summed E-state index contributed by atoms with van der Waals surface area (Å²) < 4.78 is 48.6. The number of nitrogens with one attached hydrogen (secondary N) is 1. The number of aromatic nitrogens is 1. The van der Waals surface area contributed by atoms with Gasteiger partial charge >= 0.3 is 5.76 Å². The molecule has 2 fully saturated rings. The molecule has 2 bridgehead atoms. The van der Waals surface area contributed by atoms with Gasteiger partial charge in [-0.2, -0.15) is 4.31 Å². The minimum absolute atomic E-state index is 0.0391. The number of carbonyl (C=O) groups excluding carboxylic acids is 1. The fourth-order valence-corrected chi connectivity index (χ4v) is 5.20. The number of amides is 1. The molecule has 1 amide bonds. The second-order valence-corrected chi connectivity index (χ2v) is 9.16. The average Bonchev–Trinajstić information content (AvgIpc) is 3.09. The lowest BCUT2D eigenvalue weighted by molar-refractivity contribution is -0.158. The van der Waals surface area contributed by atoms with Crippen LogP contribution in [0, 0.1) is 0 Å². The molecule has 1 aromatic carbocycles. The van der Waals surface area contributed by atoms with Crippen LogP contribution >= 0.6 is 0 Å². The van der Waals surface area contributed by atoms with Crippen LogP contribution in [0.5, 0.6) is 0 Å². The third kappa shape index (κ3) is 4.27. The Morgan fingerprint density at radius 1 is 1.20 bits per heavy atom. The van der Waals surface area contributed by atoms with Gasteiger partial charge in [0, 0.05) is 39.4 Å². The Hall–Kier alpha value is -2.25. The summed E-state index contributed by atoms with van der Waals surface area (Å²) in [4.78, 5) is 27.8. The van der Waals surface area contributed by atoms with Gasteiger partial charge in [-0.3, -0.25) is 9.78 Å². The molecule has 0 spiro atoms. The van der Waals surface area contributed by atoms with E-state index in [0.29, 0.717) is 31.8 Å². The summed E-state index contributed by atoms with van der Waals surface area (Å²) in [5.41, 5.74) is 0.611. The van der Waals surface area contributed by atoms with Crippen molar-refractivity contribution < 1.29 is 31.8 Å². The number of carbonyl (C=O) groups is 1. The number of rotatable bonds is 7. The molecule has 2 aliphatic heterocycles. The standard InChI is InChI=1S/C18H23N3O8S/c1-26-4-5-27-11-17(22)20-7-12-9-21(10-13(8-20)28-12)30(24,25)14-2-3-15-16(6-14)29-18(23)19-15/h2-3,6,12-13H,4-5,7-11H2,1H3,(H,19,23). The molecule has 4 rings (SSSR count). The van der Waals surface area contributed by atoms with E-state index >= 15 is 0 Å². The van der Waals surface area contributed by atoms with Gasteiger partial charge in [-0.25, -0.2) is 13.2 Å². The average molecular weight is 441 g/mol. The summed E-state index contributed by atoms with van der Waals surface area (Å²) in [6, 6.07) is 4.26. The van der Waals surface area contributed by atoms with Crippen molar-refractivity contribution in [1.29, 1.82) is 0 Å². The predicted molar refractivity (Wildman–Crippen MR) is 104 cm³/mol. The summed E-state index contributed by atoms with van der Waals surface area (Å²) in [5.74, 6) is -0.801. The van der Waals surface area contributed by atoms with Crippen LogP contribution < -0.4 is 5.76 Å². The van der Waals surface area contributed by atoms with E-state index in [1.165, 1.54) is 22.5 Å². The van der Waals surface area contributed by atoms with E-state index in [-0.39, 0.29) is 36.1 Å². The first-order chi connectivity index (χ1) is 14.4. The normalized spacial score (nSPS) is 22.5. The number of hydrogen-bond acceptors (Lipinski definition) is 8. The van der Waals surface area contributed by atoms with E-state index < -0.39 is 28.0 Å². The van der Waals surface area contributed by atoms with E-state index in [0.717, 1.165) is 0 Å². The number of sulfonamides is 1. The maximum Gasteiger partial charge on any atom is 0.417 e. The lowest BCUT2D eigenvalue weighted by Crippen LogP contribution is -2.61. The summed E-state index contributed by atoms with van der Waals surface area (Å²) in [5, 5.41) is 0. The fraction of sp³-hybridized carbons (Fsp3) is 0.556. The molecule has 1 N–H and O–H groups in total.